The molecule has 7 heteroatoms. The second kappa shape index (κ2) is 8.01. The van der Waals surface area contributed by atoms with E-state index in [9.17, 15) is 14.0 Å². The molecule has 0 fully saturated rings. The number of aromatic nitrogens is 1. The molecule has 0 spiro atoms. The van der Waals surface area contributed by atoms with Gasteiger partial charge in [-0.3, -0.25) is 9.59 Å². The fraction of sp³-hybridized carbons (Fsp3) is 0.100. The molecule has 2 aromatic carbocycles. The Labute approximate surface area is 158 Å². The lowest BCUT2D eigenvalue weighted by molar-refractivity contribution is -0.110. The van der Waals surface area contributed by atoms with Crippen LogP contribution < -0.4 is 24.8 Å². The Hall–Kier alpha value is -3.19. The third-order valence-corrected chi connectivity index (χ3v) is 4.94. The Bertz CT molecular complexity index is 1160. The van der Waals surface area contributed by atoms with Gasteiger partial charge in [-0.15, -0.1) is 11.3 Å². The van der Waals surface area contributed by atoms with E-state index in [1.54, 1.807) is 49.5 Å². The number of carbonyl (C=O) groups excluding carboxylic acids is 1. The van der Waals surface area contributed by atoms with Crippen LogP contribution in [0, 0.1) is 5.82 Å². The van der Waals surface area contributed by atoms with E-state index in [4.69, 9.17) is 4.74 Å². The first-order valence-electron chi connectivity index (χ1n) is 8.07. The molecule has 1 N–H and O–H groups in total. The van der Waals surface area contributed by atoms with E-state index in [0.717, 1.165) is 11.3 Å². The summed E-state index contributed by atoms with van der Waals surface area (Å²) in [7, 11) is 3.11. The summed E-state index contributed by atoms with van der Waals surface area (Å²) < 4.78 is 20.8. The van der Waals surface area contributed by atoms with Crippen LogP contribution in [0.15, 0.2) is 53.3 Å². The van der Waals surface area contributed by atoms with Crippen LogP contribution in [0.1, 0.15) is 5.56 Å². The summed E-state index contributed by atoms with van der Waals surface area (Å²) in [5, 5.41) is 2.74. The molecule has 0 aliphatic rings. The topological polar surface area (TPSA) is 60.3 Å². The van der Waals surface area contributed by atoms with Gasteiger partial charge < -0.3 is 14.6 Å². The van der Waals surface area contributed by atoms with Gasteiger partial charge in [0.15, 0.2) is 0 Å². The highest BCUT2D eigenvalue weighted by molar-refractivity contribution is 7.07. The summed E-state index contributed by atoms with van der Waals surface area (Å²) in [6.45, 7) is 0. The molecule has 1 aromatic heterocycles. The molecule has 0 saturated heterocycles. The number of para-hydroxylation sites is 2. The monoisotopic (exact) mass is 384 g/mol. The number of methoxy groups -OCH3 is 1. The van der Waals surface area contributed by atoms with Crippen LogP contribution in [0.3, 0.4) is 0 Å². The van der Waals surface area contributed by atoms with Crippen molar-refractivity contribution in [3.05, 3.63) is 79.5 Å². The first kappa shape index (κ1) is 18.6. The maximum atomic E-state index is 13.3. The van der Waals surface area contributed by atoms with Gasteiger partial charge in [0, 0.05) is 13.1 Å². The second-order valence-corrected chi connectivity index (χ2v) is 6.76. The molecule has 0 radical (unpaired) electrons. The number of anilines is 1. The summed E-state index contributed by atoms with van der Waals surface area (Å²) in [4.78, 5) is 24.7. The molecule has 1 heterocycles. The zero-order valence-corrected chi connectivity index (χ0v) is 15.5. The average molecular weight is 384 g/mol. The van der Waals surface area contributed by atoms with Crippen molar-refractivity contribution in [2.45, 2.75) is 0 Å². The van der Waals surface area contributed by atoms with Crippen LogP contribution in [0.2, 0.25) is 0 Å². The normalized spacial score (nSPS) is 12.3. The number of nitrogens with one attached hydrogen (secondary N) is 1. The predicted molar refractivity (Wildman–Crippen MR) is 105 cm³/mol. The minimum atomic E-state index is -0.381. The smallest absolute Gasteiger partial charge is 0.268 e. The van der Waals surface area contributed by atoms with E-state index in [1.165, 1.54) is 29.9 Å². The number of thiazole rings is 1. The van der Waals surface area contributed by atoms with Gasteiger partial charge in [0.2, 0.25) is 0 Å². The number of hydrogen-bond acceptors (Lipinski definition) is 4. The number of hydrogen-bond donors (Lipinski definition) is 1. The summed E-state index contributed by atoms with van der Waals surface area (Å²) in [6.07, 6.45) is 2.95. The van der Waals surface area contributed by atoms with E-state index in [2.05, 4.69) is 5.32 Å². The van der Waals surface area contributed by atoms with Crippen LogP contribution in [0.4, 0.5) is 10.1 Å². The van der Waals surface area contributed by atoms with Gasteiger partial charge >= 0.3 is 0 Å². The molecule has 0 aliphatic carbocycles. The third kappa shape index (κ3) is 4.32. The quantitative estimate of drug-likeness (QED) is 0.747. The molecule has 0 atom stereocenters. The standard InChI is InChI=1S/C20H17FN2O3S/c1-23-19(12-18(24)22-15-8-3-4-9-16(15)26-2)27-17(20(23)25)11-13-6-5-7-14(21)10-13/h3-12H,1-2H3,(H,22,24). The molecule has 0 saturated carbocycles. The number of halogens is 1. The lowest BCUT2D eigenvalue weighted by atomic mass is 10.2. The largest absolute Gasteiger partial charge is 0.495 e. The lowest BCUT2D eigenvalue weighted by Gasteiger charge is -2.07. The number of nitrogens with zero attached hydrogens (tertiary/aromatic N) is 1. The fourth-order valence-corrected chi connectivity index (χ4v) is 3.51. The second-order valence-electron chi connectivity index (χ2n) is 5.70. The molecule has 3 aromatic rings. The van der Waals surface area contributed by atoms with Crippen LogP contribution in [-0.4, -0.2) is 17.6 Å². The third-order valence-electron chi connectivity index (χ3n) is 3.83. The zero-order chi connectivity index (χ0) is 19.4. The fourth-order valence-electron chi connectivity index (χ4n) is 2.48. The van der Waals surface area contributed by atoms with Gasteiger partial charge in [-0.2, -0.15) is 0 Å². The van der Waals surface area contributed by atoms with Gasteiger partial charge in [-0.1, -0.05) is 24.3 Å². The lowest BCUT2D eigenvalue weighted by Crippen LogP contribution is -2.29. The molecule has 5 nitrogen and oxygen atoms in total. The Morgan fingerprint density at radius 3 is 2.74 bits per heavy atom. The molecule has 3 rings (SSSR count). The van der Waals surface area contributed by atoms with Crippen molar-refractivity contribution < 1.29 is 13.9 Å². The molecule has 0 aliphatic heterocycles. The van der Waals surface area contributed by atoms with Gasteiger partial charge in [-0.25, -0.2) is 4.39 Å². The molecule has 1 amide bonds. The van der Waals surface area contributed by atoms with Crippen molar-refractivity contribution in [1.29, 1.82) is 0 Å². The van der Waals surface area contributed by atoms with Crippen LogP contribution in [0.5, 0.6) is 5.75 Å². The summed E-state index contributed by atoms with van der Waals surface area (Å²) in [5.74, 6) is -0.215. The molecular formula is C20H17FN2O3S. The van der Waals surface area contributed by atoms with Gasteiger partial charge in [0.05, 0.1) is 17.3 Å². The van der Waals surface area contributed by atoms with Crippen molar-refractivity contribution in [2.24, 2.45) is 7.05 Å². The van der Waals surface area contributed by atoms with Gasteiger partial charge in [-0.05, 0) is 35.9 Å². The van der Waals surface area contributed by atoms with E-state index in [1.807, 2.05) is 0 Å². The minimum Gasteiger partial charge on any atom is -0.495 e. The maximum absolute atomic E-state index is 13.3. The SMILES string of the molecule is COc1ccccc1NC(=O)C=c1sc(=Cc2cccc(F)c2)c(=O)n1C. The van der Waals surface area contributed by atoms with Crippen molar-refractivity contribution in [2.75, 3.05) is 12.4 Å². The zero-order valence-electron chi connectivity index (χ0n) is 14.7. The van der Waals surface area contributed by atoms with Gasteiger partial charge in [0.25, 0.3) is 11.5 Å². The first-order valence-corrected chi connectivity index (χ1v) is 8.88. The average Bonchev–Trinajstić information content (AvgIpc) is 2.90. The summed E-state index contributed by atoms with van der Waals surface area (Å²) >= 11 is 1.16. The molecule has 0 bridgehead atoms. The Morgan fingerprint density at radius 2 is 2.00 bits per heavy atom. The van der Waals surface area contributed by atoms with Crippen molar-refractivity contribution >= 4 is 35.1 Å². The number of benzene rings is 2. The van der Waals surface area contributed by atoms with E-state index >= 15 is 0 Å². The Balaban J connectivity index is 1.95. The van der Waals surface area contributed by atoms with Crippen LogP contribution >= 0.6 is 11.3 Å². The Kier molecular flexibility index (Phi) is 5.52. The van der Waals surface area contributed by atoms with Crippen molar-refractivity contribution in [3.8, 4) is 5.75 Å². The summed E-state index contributed by atoms with van der Waals surface area (Å²) in [5.41, 5.74) is 0.869. The molecular weight excluding hydrogens is 367 g/mol. The maximum Gasteiger partial charge on any atom is 0.268 e. The number of amides is 1. The van der Waals surface area contributed by atoms with Crippen molar-refractivity contribution in [3.63, 3.8) is 0 Å². The predicted octanol–water partition coefficient (Wildman–Crippen LogP) is 1.84. The molecule has 138 valence electrons. The van der Waals surface area contributed by atoms with Crippen molar-refractivity contribution in [1.82, 2.24) is 4.57 Å². The number of carbonyl (C=O) groups is 1. The van der Waals surface area contributed by atoms with E-state index in [0.29, 0.717) is 26.2 Å². The van der Waals surface area contributed by atoms with E-state index in [-0.39, 0.29) is 17.3 Å². The highest BCUT2D eigenvalue weighted by Gasteiger charge is 2.07. The highest BCUT2D eigenvalue weighted by atomic mass is 32.1. The first-order chi connectivity index (χ1) is 13.0. The number of ether oxygens (including phenoxy) is 1. The van der Waals surface area contributed by atoms with E-state index < -0.39 is 0 Å². The molecule has 0 unspecified atom stereocenters. The summed E-state index contributed by atoms with van der Waals surface area (Å²) in [6, 6.07) is 13.0. The Morgan fingerprint density at radius 1 is 1.22 bits per heavy atom. The van der Waals surface area contributed by atoms with Crippen LogP contribution in [-0.2, 0) is 11.8 Å². The van der Waals surface area contributed by atoms with Gasteiger partial charge in [0.1, 0.15) is 16.2 Å². The van der Waals surface area contributed by atoms with Crippen LogP contribution in [0.25, 0.3) is 12.2 Å². The molecule has 27 heavy (non-hydrogen) atoms. The number of rotatable bonds is 4. The highest BCUT2D eigenvalue weighted by Crippen LogP contribution is 2.22. The minimum absolute atomic E-state index is 0.249.